The lowest BCUT2D eigenvalue weighted by molar-refractivity contribution is -0.114. The Morgan fingerprint density at radius 3 is 2.41 bits per heavy atom. The Labute approximate surface area is 223 Å². The molecule has 1 heterocycles. The largest absolute Gasteiger partial charge is 0.377 e. The monoisotopic (exact) mass is 497 g/mol. The maximum absolute atomic E-state index is 12.3. The highest BCUT2D eigenvalue weighted by molar-refractivity contribution is 5.93. The topological polar surface area (TPSA) is 40.5 Å². The van der Waals surface area contributed by atoms with Gasteiger partial charge in [-0.1, -0.05) is 48.6 Å². The first-order valence-electron chi connectivity index (χ1n) is 14.5. The lowest BCUT2D eigenvalue weighted by Gasteiger charge is -2.53. The number of likely N-dealkylation sites (N-methyl/N-ethyl adjacent to an activating group) is 1. The van der Waals surface area contributed by atoms with Crippen LogP contribution in [0.2, 0.25) is 0 Å². The molecule has 1 aromatic carbocycles. The zero-order valence-electron chi connectivity index (χ0n) is 23.4. The normalized spacial score (nSPS) is 36.1. The summed E-state index contributed by atoms with van der Waals surface area (Å²) in [4.78, 5) is 14.7. The SMILES string of the molecule is CN1CC(c2ccc([C@H]3C[C@@]4(C)[C@@H](CC[C@@]4(O)C#CC(C)(C)C)[C@@H]4CCC5=CC(=O)CCC5=C43)cc2)C1. The molecule has 1 aliphatic heterocycles. The highest BCUT2D eigenvalue weighted by Gasteiger charge is 2.62. The van der Waals surface area contributed by atoms with Crippen molar-refractivity contribution in [1.29, 1.82) is 0 Å². The van der Waals surface area contributed by atoms with E-state index in [1.54, 1.807) is 5.57 Å². The van der Waals surface area contributed by atoms with Crippen molar-refractivity contribution in [3.8, 4) is 11.8 Å². The van der Waals surface area contributed by atoms with Crippen molar-refractivity contribution in [3.05, 3.63) is 58.2 Å². The molecule has 1 aromatic rings. The molecule has 1 N–H and O–H groups in total. The molecule has 0 radical (unpaired) electrons. The summed E-state index contributed by atoms with van der Waals surface area (Å²) in [5.74, 6) is 8.97. The van der Waals surface area contributed by atoms with E-state index in [4.69, 9.17) is 0 Å². The van der Waals surface area contributed by atoms with Crippen molar-refractivity contribution in [2.24, 2.45) is 22.7 Å². The Hall–Kier alpha value is -2.15. The number of ketones is 1. The quantitative estimate of drug-likeness (QED) is 0.481. The molecule has 6 rings (SSSR count). The molecule has 4 aliphatic carbocycles. The lowest BCUT2D eigenvalue weighted by Crippen LogP contribution is -2.51. The number of likely N-dealkylation sites (tertiary alicyclic amines) is 1. The molecule has 5 aliphatic rings. The molecule has 5 atom stereocenters. The third-order valence-corrected chi connectivity index (χ3v) is 10.4. The van der Waals surface area contributed by atoms with E-state index >= 15 is 0 Å². The number of nitrogens with zero attached hydrogens (tertiary/aromatic N) is 1. The number of aliphatic hydroxyl groups is 1. The van der Waals surface area contributed by atoms with Crippen molar-refractivity contribution in [3.63, 3.8) is 0 Å². The van der Waals surface area contributed by atoms with Gasteiger partial charge in [-0.05, 0) is 107 Å². The number of benzene rings is 1. The van der Waals surface area contributed by atoms with E-state index < -0.39 is 5.60 Å². The number of hydrogen-bond acceptors (Lipinski definition) is 3. The van der Waals surface area contributed by atoms with Gasteiger partial charge in [-0.2, -0.15) is 0 Å². The molecule has 0 aromatic heterocycles. The summed E-state index contributed by atoms with van der Waals surface area (Å²) in [5.41, 5.74) is 5.86. The van der Waals surface area contributed by atoms with Crippen molar-refractivity contribution >= 4 is 5.78 Å². The smallest absolute Gasteiger partial charge is 0.156 e. The summed E-state index contributed by atoms with van der Waals surface area (Å²) in [6, 6.07) is 9.44. The Kier molecular flexibility index (Phi) is 5.90. The van der Waals surface area contributed by atoms with Crippen LogP contribution in [0.4, 0.5) is 0 Å². The van der Waals surface area contributed by atoms with Gasteiger partial charge in [0, 0.05) is 42.2 Å². The first kappa shape index (κ1) is 25.1. The first-order chi connectivity index (χ1) is 17.5. The van der Waals surface area contributed by atoms with Crippen molar-refractivity contribution < 1.29 is 9.90 Å². The molecule has 3 nitrogen and oxygen atoms in total. The van der Waals surface area contributed by atoms with Crippen LogP contribution in [0.1, 0.15) is 95.6 Å². The summed E-state index contributed by atoms with van der Waals surface area (Å²) >= 11 is 0. The van der Waals surface area contributed by atoms with E-state index in [-0.39, 0.29) is 22.5 Å². The third-order valence-electron chi connectivity index (χ3n) is 10.4. The van der Waals surface area contributed by atoms with E-state index in [9.17, 15) is 9.90 Å². The second-order valence-electron chi connectivity index (χ2n) is 14.0. The predicted molar refractivity (Wildman–Crippen MR) is 149 cm³/mol. The fourth-order valence-electron chi connectivity index (χ4n) is 8.37. The molecular formula is C34H43NO2. The number of carbonyl (C=O) groups is 1. The Bertz CT molecular complexity index is 1230. The molecule has 1 saturated heterocycles. The fourth-order valence-corrected chi connectivity index (χ4v) is 8.37. The van der Waals surface area contributed by atoms with Crippen LogP contribution in [0, 0.1) is 34.5 Å². The maximum atomic E-state index is 12.3. The van der Waals surface area contributed by atoms with Crippen molar-refractivity contribution in [2.75, 3.05) is 20.1 Å². The Balaban J connectivity index is 1.44. The van der Waals surface area contributed by atoms with Crippen LogP contribution in [-0.2, 0) is 4.79 Å². The van der Waals surface area contributed by atoms with Crippen LogP contribution in [0.25, 0.3) is 0 Å². The van der Waals surface area contributed by atoms with E-state index in [1.165, 1.54) is 22.3 Å². The molecule has 0 spiro atoms. The van der Waals surface area contributed by atoms with E-state index in [0.717, 1.165) is 51.6 Å². The maximum Gasteiger partial charge on any atom is 0.156 e. The average Bonchev–Trinajstić information content (AvgIpc) is 3.10. The van der Waals surface area contributed by atoms with Crippen LogP contribution in [0.15, 0.2) is 47.1 Å². The molecule has 0 amide bonds. The van der Waals surface area contributed by atoms with Gasteiger partial charge in [0.2, 0.25) is 0 Å². The van der Waals surface area contributed by atoms with Crippen LogP contribution in [-0.4, -0.2) is 41.5 Å². The summed E-state index contributed by atoms with van der Waals surface area (Å²) in [6.07, 6.45) is 8.27. The summed E-state index contributed by atoms with van der Waals surface area (Å²) in [7, 11) is 2.19. The van der Waals surface area contributed by atoms with Gasteiger partial charge in [-0.15, -0.1) is 0 Å². The van der Waals surface area contributed by atoms with Crippen LogP contribution in [0.5, 0.6) is 0 Å². The van der Waals surface area contributed by atoms with E-state index in [1.807, 2.05) is 6.08 Å². The van der Waals surface area contributed by atoms with Gasteiger partial charge in [-0.3, -0.25) is 4.79 Å². The standard InChI is InChI=1S/C34H43NO2/c1-32(2,3)16-17-34(37)15-14-30-28-12-10-24-18-26(36)11-13-27(24)31(28)29(19-33(30,34)4)23-8-6-22(7-9-23)25-20-35(5)21-25/h6-9,18,25,28-30,37H,10-15,19-21H2,1-5H3/t28-,29+,30-,33-,34+/m0/s1. The van der Waals surface area contributed by atoms with Gasteiger partial charge < -0.3 is 10.0 Å². The highest BCUT2D eigenvalue weighted by Crippen LogP contribution is 2.66. The molecule has 37 heavy (non-hydrogen) atoms. The van der Waals surface area contributed by atoms with Gasteiger partial charge in [-0.25, -0.2) is 0 Å². The van der Waals surface area contributed by atoms with E-state index in [2.05, 4.69) is 75.7 Å². The molecule has 3 heteroatoms. The number of allylic oxidation sites excluding steroid dienone is 4. The summed E-state index contributed by atoms with van der Waals surface area (Å²) in [5, 5.41) is 12.2. The number of hydrogen-bond donors (Lipinski definition) is 1. The second-order valence-corrected chi connectivity index (χ2v) is 14.0. The molecule has 3 fully saturated rings. The average molecular weight is 498 g/mol. The fraction of sp³-hybridized carbons (Fsp3) is 0.618. The molecule has 0 unspecified atom stereocenters. The van der Waals surface area contributed by atoms with Crippen molar-refractivity contribution in [1.82, 2.24) is 4.90 Å². The number of carbonyl (C=O) groups excluding carboxylic acids is 1. The zero-order valence-corrected chi connectivity index (χ0v) is 23.4. The minimum absolute atomic E-state index is 0.129. The molecular weight excluding hydrogens is 454 g/mol. The van der Waals surface area contributed by atoms with Gasteiger partial charge in [0.05, 0.1) is 0 Å². The van der Waals surface area contributed by atoms with Gasteiger partial charge in [0.1, 0.15) is 5.60 Å². The van der Waals surface area contributed by atoms with Gasteiger partial charge in [0.25, 0.3) is 0 Å². The minimum Gasteiger partial charge on any atom is -0.377 e. The Morgan fingerprint density at radius 2 is 1.73 bits per heavy atom. The number of rotatable bonds is 2. The lowest BCUT2D eigenvalue weighted by atomic mass is 9.51. The molecule has 0 bridgehead atoms. The summed E-state index contributed by atoms with van der Waals surface area (Å²) < 4.78 is 0. The first-order valence-corrected chi connectivity index (χ1v) is 14.5. The zero-order chi connectivity index (χ0) is 26.2. The predicted octanol–water partition coefficient (Wildman–Crippen LogP) is 6.40. The van der Waals surface area contributed by atoms with Crippen LogP contribution in [0.3, 0.4) is 0 Å². The summed E-state index contributed by atoms with van der Waals surface area (Å²) in [6.45, 7) is 11.0. The highest BCUT2D eigenvalue weighted by atomic mass is 16.3. The molecule has 2 saturated carbocycles. The number of fused-ring (bicyclic) bond motifs is 4. The second kappa shape index (κ2) is 8.69. The van der Waals surface area contributed by atoms with Gasteiger partial charge >= 0.3 is 0 Å². The van der Waals surface area contributed by atoms with Gasteiger partial charge in [0.15, 0.2) is 5.78 Å². The van der Waals surface area contributed by atoms with Crippen LogP contribution >= 0.6 is 0 Å². The van der Waals surface area contributed by atoms with Crippen LogP contribution < -0.4 is 0 Å². The van der Waals surface area contributed by atoms with Crippen molar-refractivity contribution in [2.45, 2.75) is 90.1 Å². The Morgan fingerprint density at radius 1 is 1.03 bits per heavy atom. The van der Waals surface area contributed by atoms with E-state index in [0.29, 0.717) is 24.2 Å². The third kappa shape index (κ3) is 4.16. The molecule has 196 valence electrons. The minimum atomic E-state index is -0.950.